The third kappa shape index (κ3) is 6.09. The summed E-state index contributed by atoms with van der Waals surface area (Å²) >= 11 is 0. The van der Waals surface area contributed by atoms with Crippen molar-refractivity contribution >= 4 is 0 Å². The zero-order valence-corrected chi connectivity index (χ0v) is 11.5. The van der Waals surface area contributed by atoms with Crippen LogP contribution in [0.5, 0.6) is 0 Å². The lowest BCUT2D eigenvalue weighted by atomic mass is 9.96. The van der Waals surface area contributed by atoms with Crippen LogP contribution in [0.1, 0.15) is 26.3 Å². The van der Waals surface area contributed by atoms with Crippen LogP contribution in [0, 0.1) is 5.41 Å². The minimum Gasteiger partial charge on any atom is -0.489 e. The molecule has 0 saturated carbocycles. The van der Waals surface area contributed by atoms with E-state index in [1.807, 2.05) is 42.5 Å². The van der Waals surface area contributed by atoms with Gasteiger partial charge in [0.05, 0.1) is 0 Å². The van der Waals surface area contributed by atoms with Gasteiger partial charge in [-0.15, -0.1) is 0 Å². The largest absolute Gasteiger partial charge is 0.489 e. The van der Waals surface area contributed by atoms with Crippen LogP contribution in [0.25, 0.3) is 0 Å². The second-order valence-electron chi connectivity index (χ2n) is 5.27. The van der Waals surface area contributed by atoms with Crippen molar-refractivity contribution in [2.45, 2.75) is 27.4 Å². The first-order valence-corrected chi connectivity index (χ1v) is 6.20. The van der Waals surface area contributed by atoms with Crippen molar-refractivity contribution in [1.82, 2.24) is 0 Å². The summed E-state index contributed by atoms with van der Waals surface area (Å²) in [5.74, 6) is 0.791. The summed E-state index contributed by atoms with van der Waals surface area (Å²) < 4.78 is 5.68. The highest BCUT2D eigenvalue weighted by Gasteiger charge is 2.02. The van der Waals surface area contributed by atoms with E-state index in [0.717, 1.165) is 11.3 Å². The lowest BCUT2D eigenvalue weighted by Gasteiger charge is -2.10. The Balaban J connectivity index is 2.55. The summed E-state index contributed by atoms with van der Waals surface area (Å²) in [6, 6.07) is 10.1. The number of allylic oxidation sites excluding steroid dienone is 4. The predicted molar refractivity (Wildman–Crippen MR) is 78.1 cm³/mol. The van der Waals surface area contributed by atoms with Gasteiger partial charge in [-0.1, -0.05) is 69.8 Å². The molecule has 0 unspecified atom stereocenters. The molecule has 0 aromatic heterocycles. The van der Waals surface area contributed by atoms with Crippen molar-refractivity contribution in [2.75, 3.05) is 0 Å². The number of rotatable bonds is 5. The molecule has 1 rings (SSSR count). The maximum Gasteiger partial charge on any atom is 0.119 e. The van der Waals surface area contributed by atoms with Crippen molar-refractivity contribution < 1.29 is 4.74 Å². The van der Waals surface area contributed by atoms with E-state index < -0.39 is 0 Å². The highest BCUT2D eigenvalue weighted by atomic mass is 16.5. The minimum absolute atomic E-state index is 0.183. The molecule has 1 nitrogen and oxygen atoms in total. The first kappa shape index (κ1) is 14.3. The minimum atomic E-state index is 0.183. The van der Waals surface area contributed by atoms with Crippen LogP contribution in [0.2, 0.25) is 0 Å². The molecule has 0 fully saturated rings. The van der Waals surface area contributed by atoms with Crippen LogP contribution in [-0.4, -0.2) is 0 Å². The number of ether oxygens (including phenoxy) is 1. The summed E-state index contributed by atoms with van der Waals surface area (Å²) in [5, 5.41) is 0. The highest BCUT2D eigenvalue weighted by Crippen LogP contribution is 2.15. The van der Waals surface area contributed by atoms with E-state index >= 15 is 0 Å². The standard InChI is InChI=1S/C17H22O/c1-5-16(12-9-13-17(2,3)4)18-14-15-10-7-6-8-11-15/h5-13H,1,14H2,2-4H3. The Morgan fingerprint density at radius 2 is 1.89 bits per heavy atom. The van der Waals surface area contributed by atoms with Gasteiger partial charge in [-0.05, 0) is 23.1 Å². The van der Waals surface area contributed by atoms with E-state index in [1.165, 1.54) is 0 Å². The molecule has 1 aromatic carbocycles. The third-order valence-electron chi connectivity index (χ3n) is 2.31. The number of hydrogen-bond acceptors (Lipinski definition) is 1. The van der Waals surface area contributed by atoms with E-state index in [2.05, 4.69) is 33.4 Å². The normalized spacial score (nSPS) is 12.7. The monoisotopic (exact) mass is 242 g/mol. The molecule has 0 N–H and O–H groups in total. The average molecular weight is 242 g/mol. The van der Waals surface area contributed by atoms with Gasteiger partial charge < -0.3 is 4.74 Å². The van der Waals surface area contributed by atoms with Gasteiger partial charge in [0, 0.05) is 0 Å². The van der Waals surface area contributed by atoms with Gasteiger partial charge in [-0.3, -0.25) is 0 Å². The number of hydrogen-bond donors (Lipinski definition) is 0. The molecule has 0 atom stereocenters. The van der Waals surface area contributed by atoms with E-state index in [0.29, 0.717) is 6.61 Å². The first-order chi connectivity index (χ1) is 8.51. The Bertz CT molecular complexity index is 419. The second-order valence-corrected chi connectivity index (χ2v) is 5.27. The van der Waals surface area contributed by atoms with Crippen LogP contribution in [0.4, 0.5) is 0 Å². The Morgan fingerprint density at radius 3 is 2.44 bits per heavy atom. The van der Waals surface area contributed by atoms with Gasteiger partial charge in [0.15, 0.2) is 0 Å². The van der Waals surface area contributed by atoms with Gasteiger partial charge in [0.1, 0.15) is 12.4 Å². The average Bonchev–Trinajstić information content (AvgIpc) is 2.33. The van der Waals surface area contributed by atoms with Crippen molar-refractivity contribution in [3.05, 3.63) is 72.5 Å². The molecule has 18 heavy (non-hydrogen) atoms. The van der Waals surface area contributed by atoms with E-state index in [4.69, 9.17) is 4.74 Å². The molecular weight excluding hydrogens is 220 g/mol. The molecule has 0 amide bonds. The van der Waals surface area contributed by atoms with Gasteiger partial charge in [0.25, 0.3) is 0 Å². The molecule has 0 heterocycles. The predicted octanol–water partition coefficient (Wildman–Crippen LogP) is 4.88. The quantitative estimate of drug-likeness (QED) is 0.528. The van der Waals surface area contributed by atoms with Crippen LogP contribution >= 0.6 is 0 Å². The Kier molecular flexibility index (Phi) is 5.44. The van der Waals surface area contributed by atoms with Crippen LogP contribution in [0.15, 0.2) is 67.0 Å². The zero-order valence-electron chi connectivity index (χ0n) is 11.5. The third-order valence-corrected chi connectivity index (χ3v) is 2.31. The summed E-state index contributed by atoms with van der Waals surface area (Å²) in [5.41, 5.74) is 1.34. The Labute approximate surface area is 110 Å². The number of benzene rings is 1. The van der Waals surface area contributed by atoms with Crippen molar-refractivity contribution in [3.63, 3.8) is 0 Å². The summed E-state index contributed by atoms with van der Waals surface area (Å²) in [6.07, 6.45) is 7.83. The molecule has 96 valence electrons. The lowest BCUT2D eigenvalue weighted by Crippen LogP contribution is -1.98. The fraction of sp³-hybridized carbons (Fsp3) is 0.294. The Morgan fingerprint density at radius 1 is 1.22 bits per heavy atom. The van der Waals surface area contributed by atoms with Crippen LogP contribution in [0.3, 0.4) is 0 Å². The molecule has 1 aromatic rings. The fourth-order valence-electron chi connectivity index (χ4n) is 1.35. The van der Waals surface area contributed by atoms with Gasteiger partial charge >= 0.3 is 0 Å². The molecular formula is C17H22O. The van der Waals surface area contributed by atoms with Crippen molar-refractivity contribution in [3.8, 4) is 0 Å². The molecule has 1 heteroatoms. The molecule has 0 aliphatic carbocycles. The van der Waals surface area contributed by atoms with Crippen LogP contribution < -0.4 is 0 Å². The smallest absolute Gasteiger partial charge is 0.119 e. The summed E-state index contributed by atoms with van der Waals surface area (Å²) in [4.78, 5) is 0. The van der Waals surface area contributed by atoms with Gasteiger partial charge in [0.2, 0.25) is 0 Å². The molecule has 0 radical (unpaired) electrons. The summed E-state index contributed by atoms with van der Waals surface area (Å²) in [7, 11) is 0. The highest BCUT2D eigenvalue weighted by molar-refractivity contribution is 5.19. The van der Waals surface area contributed by atoms with E-state index in [9.17, 15) is 0 Å². The lowest BCUT2D eigenvalue weighted by molar-refractivity contribution is 0.211. The van der Waals surface area contributed by atoms with Gasteiger partial charge in [-0.2, -0.15) is 0 Å². The van der Waals surface area contributed by atoms with Crippen molar-refractivity contribution in [2.24, 2.45) is 5.41 Å². The maximum absolute atomic E-state index is 5.68. The van der Waals surface area contributed by atoms with Crippen molar-refractivity contribution in [1.29, 1.82) is 0 Å². The maximum atomic E-state index is 5.68. The van der Waals surface area contributed by atoms with Crippen LogP contribution in [-0.2, 0) is 11.3 Å². The zero-order chi connectivity index (χ0) is 13.4. The molecule has 0 spiro atoms. The fourth-order valence-corrected chi connectivity index (χ4v) is 1.35. The topological polar surface area (TPSA) is 9.23 Å². The molecule has 0 bridgehead atoms. The SMILES string of the molecule is C=CC(=CC=CC(C)(C)C)OCc1ccccc1. The molecule has 0 saturated heterocycles. The summed E-state index contributed by atoms with van der Waals surface area (Å²) in [6.45, 7) is 10.8. The molecule has 0 aliphatic heterocycles. The first-order valence-electron chi connectivity index (χ1n) is 6.20. The molecule has 0 aliphatic rings. The van der Waals surface area contributed by atoms with Gasteiger partial charge in [-0.25, -0.2) is 0 Å². The van der Waals surface area contributed by atoms with E-state index in [-0.39, 0.29) is 5.41 Å². The Hall–Kier alpha value is -1.76. The second kappa shape index (κ2) is 6.85. The van der Waals surface area contributed by atoms with E-state index in [1.54, 1.807) is 6.08 Å².